The molecule has 0 spiro atoms. The van der Waals surface area contributed by atoms with E-state index in [4.69, 9.17) is 10.6 Å². The molecule has 1 aliphatic rings. The van der Waals surface area contributed by atoms with Crippen molar-refractivity contribution >= 4 is 11.6 Å². The van der Waals surface area contributed by atoms with Gasteiger partial charge in [0.25, 0.3) is 0 Å². The van der Waals surface area contributed by atoms with E-state index in [-0.39, 0.29) is 11.9 Å². The number of hydrazine groups is 1. The maximum Gasteiger partial charge on any atom is 0.227 e. The van der Waals surface area contributed by atoms with Crippen LogP contribution in [0.3, 0.4) is 0 Å². The van der Waals surface area contributed by atoms with E-state index < -0.39 is 0 Å². The number of benzene rings is 1. The molecule has 1 aromatic rings. The van der Waals surface area contributed by atoms with Crippen LogP contribution >= 0.6 is 0 Å². The number of rotatable bonds is 2. The van der Waals surface area contributed by atoms with Crippen LogP contribution in [-0.4, -0.2) is 12.5 Å². The van der Waals surface area contributed by atoms with Gasteiger partial charge in [0.05, 0.1) is 18.7 Å². The predicted octanol–water partition coefficient (Wildman–Crippen LogP) is 0.932. The zero-order valence-corrected chi connectivity index (χ0v) is 9.12. The van der Waals surface area contributed by atoms with Gasteiger partial charge in [0, 0.05) is 6.04 Å². The smallest absolute Gasteiger partial charge is 0.227 e. The fraction of sp³-hybridized carbons (Fsp3) is 0.364. The molecule has 1 atom stereocenters. The molecule has 0 fully saturated rings. The lowest BCUT2D eigenvalue weighted by atomic mass is 10.1. The molecule has 4 N–H and O–H groups in total. The Morgan fingerprint density at radius 3 is 3.12 bits per heavy atom. The Labute approximate surface area is 93.9 Å². The summed E-state index contributed by atoms with van der Waals surface area (Å²) in [7, 11) is 0. The average molecular weight is 221 g/mol. The van der Waals surface area contributed by atoms with Crippen LogP contribution in [0, 0.1) is 0 Å². The van der Waals surface area contributed by atoms with Gasteiger partial charge >= 0.3 is 0 Å². The molecule has 0 bridgehead atoms. The number of anilines is 1. The number of amides is 1. The van der Waals surface area contributed by atoms with Gasteiger partial charge < -0.3 is 10.1 Å². The fourth-order valence-corrected chi connectivity index (χ4v) is 1.60. The number of nitrogens with two attached hydrogens (primary N) is 1. The number of hydrogen-bond donors (Lipinski definition) is 3. The zero-order chi connectivity index (χ0) is 11.5. The Balaban J connectivity index is 2.32. The normalized spacial score (nSPS) is 16.8. The summed E-state index contributed by atoms with van der Waals surface area (Å²) in [5.74, 6) is 6.05. The van der Waals surface area contributed by atoms with Gasteiger partial charge in [-0.15, -0.1) is 0 Å². The van der Waals surface area contributed by atoms with E-state index in [1.165, 1.54) is 0 Å². The Morgan fingerprint density at radius 1 is 1.56 bits per heavy atom. The van der Waals surface area contributed by atoms with Gasteiger partial charge in [-0.3, -0.25) is 16.1 Å². The zero-order valence-electron chi connectivity index (χ0n) is 9.12. The molecule has 1 aromatic carbocycles. The van der Waals surface area contributed by atoms with Crippen LogP contribution in [0.2, 0.25) is 0 Å². The molecule has 0 aliphatic carbocycles. The molecule has 2 rings (SSSR count). The molecule has 1 unspecified atom stereocenters. The Morgan fingerprint density at radius 2 is 2.38 bits per heavy atom. The number of nitrogens with one attached hydrogen (secondary N) is 2. The molecule has 1 aliphatic heterocycles. The van der Waals surface area contributed by atoms with Gasteiger partial charge in [0.15, 0.2) is 0 Å². The molecule has 5 nitrogen and oxygen atoms in total. The fourth-order valence-electron chi connectivity index (χ4n) is 1.60. The van der Waals surface area contributed by atoms with Crippen molar-refractivity contribution in [2.24, 2.45) is 5.84 Å². The second-order valence-corrected chi connectivity index (χ2v) is 3.79. The first-order chi connectivity index (χ1) is 7.70. The second kappa shape index (κ2) is 4.51. The highest BCUT2D eigenvalue weighted by Gasteiger charge is 2.15. The van der Waals surface area contributed by atoms with Gasteiger partial charge in [-0.05, 0) is 24.6 Å². The van der Waals surface area contributed by atoms with Gasteiger partial charge in [-0.25, -0.2) is 0 Å². The molecule has 0 saturated carbocycles. The molecule has 0 saturated heterocycles. The van der Waals surface area contributed by atoms with Crippen molar-refractivity contribution in [2.45, 2.75) is 19.4 Å². The van der Waals surface area contributed by atoms with Crippen LogP contribution in [0.1, 0.15) is 24.9 Å². The number of fused-ring (bicyclic) bond motifs is 1. The summed E-state index contributed by atoms with van der Waals surface area (Å²) in [4.78, 5) is 11.4. The lowest BCUT2D eigenvalue weighted by Crippen LogP contribution is -2.25. The summed E-state index contributed by atoms with van der Waals surface area (Å²) in [6.45, 7) is 2.37. The molecule has 0 aromatic heterocycles. The number of carbonyl (C=O) groups is 1. The quantitative estimate of drug-likeness (QED) is 0.513. The standard InChI is InChI=1S/C11H15N3O2/c1-7(14-12)8-2-3-10-9(6-8)13-11(15)4-5-16-10/h2-3,6-7,14H,4-5,12H2,1H3,(H,13,15). The first kappa shape index (κ1) is 10.9. The maximum absolute atomic E-state index is 11.4. The third-order valence-electron chi connectivity index (χ3n) is 2.61. The summed E-state index contributed by atoms with van der Waals surface area (Å²) in [6.07, 6.45) is 0.384. The third kappa shape index (κ3) is 2.15. The summed E-state index contributed by atoms with van der Waals surface area (Å²) in [5.41, 5.74) is 4.38. The van der Waals surface area contributed by atoms with Crippen LogP contribution in [0.15, 0.2) is 18.2 Å². The van der Waals surface area contributed by atoms with Gasteiger partial charge in [0.2, 0.25) is 5.91 Å². The van der Waals surface area contributed by atoms with Crippen molar-refractivity contribution in [1.82, 2.24) is 5.43 Å². The SMILES string of the molecule is CC(NN)c1ccc2c(c1)NC(=O)CCO2. The minimum atomic E-state index is -0.0238. The number of carbonyl (C=O) groups excluding carboxylic acids is 1. The Kier molecular flexibility index (Phi) is 3.07. The molecule has 0 radical (unpaired) electrons. The van der Waals surface area contributed by atoms with Crippen molar-refractivity contribution in [1.29, 1.82) is 0 Å². The Hall–Kier alpha value is -1.59. The summed E-state index contributed by atoms with van der Waals surface area (Å²) < 4.78 is 5.45. The first-order valence-electron chi connectivity index (χ1n) is 5.23. The lowest BCUT2D eigenvalue weighted by Gasteiger charge is -2.13. The lowest BCUT2D eigenvalue weighted by molar-refractivity contribution is -0.116. The molecular formula is C11H15N3O2. The van der Waals surface area contributed by atoms with Crippen LogP contribution in [-0.2, 0) is 4.79 Å². The summed E-state index contributed by atoms with van der Waals surface area (Å²) in [5, 5.41) is 2.81. The molecule has 86 valence electrons. The monoisotopic (exact) mass is 221 g/mol. The van der Waals surface area contributed by atoms with Crippen LogP contribution in [0.4, 0.5) is 5.69 Å². The van der Waals surface area contributed by atoms with Gasteiger partial charge in [-0.2, -0.15) is 0 Å². The van der Waals surface area contributed by atoms with Crippen LogP contribution in [0.25, 0.3) is 0 Å². The predicted molar refractivity (Wildman–Crippen MR) is 60.9 cm³/mol. The number of ether oxygens (including phenoxy) is 1. The molecule has 1 heterocycles. The van der Waals surface area contributed by atoms with Crippen molar-refractivity contribution in [2.75, 3.05) is 11.9 Å². The van der Waals surface area contributed by atoms with E-state index in [0.717, 1.165) is 5.56 Å². The van der Waals surface area contributed by atoms with E-state index in [2.05, 4.69) is 10.7 Å². The average Bonchev–Trinajstić information content (AvgIpc) is 2.47. The van der Waals surface area contributed by atoms with Crippen molar-refractivity contribution < 1.29 is 9.53 Å². The highest BCUT2D eigenvalue weighted by Crippen LogP contribution is 2.29. The van der Waals surface area contributed by atoms with E-state index in [1.54, 1.807) is 0 Å². The van der Waals surface area contributed by atoms with Crippen molar-refractivity contribution in [3.05, 3.63) is 23.8 Å². The van der Waals surface area contributed by atoms with Crippen LogP contribution < -0.4 is 21.3 Å². The van der Waals surface area contributed by atoms with Crippen molar-refractivity contribution in [3.8, 4) is 5.75 Å². The van der Waals surface area contributed by atoms with E-state index in [1.807, 2.05) is 25.1 Å². The van der Waals surface area contributed by atoms with E-state index >= 15 is 0 Å². The highest BCUT2D eigenvalue weighted by molar-refractivity contribution is 5.93. The third-order valence-corrected chi connectivity index (χ3v) is 2.61. The van der Waals surface area contributed by atoms with E-state index in [0.29, 0.717) is 24.5 Å². The summed E-state index contributed by atoms with van der Waals surface area (Å²) >= 11 is 0. The first-order valence-corrected chi connectivity index (χ1v) is 5.23. The van der Waals surface area contributed by atoms with Gasteiger partial charge in [0.1, 0.15) is 5.75 Å². The van der Waals surface area contributed by atoms with E-state index in [9.17, 15) is 4.79 Å². The highest BCUT2D eigenvalue weighted by atomic mass is 16.5. The molecular weight excluding hydrogens is 206 g/mol. The summed E-state index contributed by atoms with van der Waals surface area (Å²) in [6, 6.07) is 5.69. The maximum atomic E-state index is 11.4. The second-order valence-electron chi connectivity index (χ2n) is 3.79. The minimum absolute atomic E-state index is 0.0238. The molecule has 1 amide bonds. The topological polar surface area (TPSA) is 76.4 Å². The minimum Gasteiger partial charge on any atom is -0.491 e. The van der Waals surface area contributed by atoms with Gasteiger partial charge in [-0.1, -0.05) is 6.07 Å². The molecule has 16 heavy (non-hydrogen) atoms. The molecule has 5 heteroatoms. The Bertz CT molecular complexity index is 406. The largest absolute Gasteiger partial charge is 0.491 e. The number of hydrogen-bond acceptors (Lipinski definition) is 4. The van der Waals surface area contributed by atoms with Crippen LogP contribution in [0.5, 0.6) is 5.75 Å². The van der Waals surface area contributed by atoms with Crippen molar-refractivity contribution in [3.63, 3.8) is 0 Å².